The molecule has 3 heterocycles. The third-order valence-electron chi connectivity index (χ3n) is 2.95. The van der Waals surface area contributed by atoms with E-state index in [1.807, 2.05) is 0 Å². The van der Waals surface area contributed by atoms with Gasteiger partial charge in [-0.15, -0.1) is 12.4 Å². The van der Waals surface area contributed by atoms with Crippen LogP contribution < -0.4 is 11.5 Å². The van der Waals surface area contributed by atoms with Crippen molar-refractivity contribution in [3.8, 4) is 0 Å². The molecule has 3 saturated heterocycles. The van der Waals surface area contributed by atoms with Crippen molar-refractivity contribution in [2.24, 2.45) is 17.4 Å². The van der Waals surface area contributed by atoms with E-state index < -0.39 is 0 Å². The highest BCUT2D eigenvalue weighted by atomic mass is 35.5. The number of ketones is 1. The molecule has 0 aromatic rings. The lowest BCUT2D eigenvalue weighted by atomic mass is 9.87. The van der Waals surface area contributed by atoms with Crippen LogP contribution in [0.4, 0.5) is 0 Å². The average molecular weight is 266 g/mol. The molecule has 5 nitrogen and oxygen atoms in total. The molecule has 2 bridgehead atoms. The lowest BCUT2D eigenvalue weighted by Gasteiger charge is -2.37. The van der Waals surface area contributed by atoms with Gasteiger partial charge in [-0.2, -0.15) is 0 Å². The van der Waals surface area contributed by atoms with Gasteiger partial charge in [0, 0.05) is 19.0 Å². The number of nitrogens with zero attached hydrogens (tertiary/aromatic N) is 1. The smallest absolute Gasteiger partial charge is 0.149 e. The quantitative estimate of drug-likeness (QED) is 0.678. The lowest BCUT2D eigenvalue weighted by Crippen LogP contribution is -2.47. The normalized spacial score (nSPS) is 25.9. The molecule has 0 atom stereocenters. The van der Waals surface area contributed by atoms with Gasteiger partial charge in [0.25, 0.3) is 0 Å². The Morgan fingerprint density at radius 1 is 1.18 bits per heavy atom. The van der Waals surface area contributed by atoms with Crippen LogP contribution in [0.2, 0.25) is 0 Å². The number of fused-ring (bicyclic) bond motifs is 3. The van der Waals surface area contributed by atoms with Crippen molar-refractivity contribution in [3.63, 3.8) is 0 Å². The number of hydrogen-bond acceptors (Lipinski definition) is 5. The van der Waals surface area contributed by atoms with Gasteiger partial charge in [0.05, 0.1) is 19.8 Å². The monoisotopic (exact) mass is 265 g/mol. The summed E-state index contributed by atoms with van der Waals surface area (Å²) in [6, 6.07) is 0. The van der Waals surface area contributed by atoms with Crippen LogP contribution in [0.1, 0.15) is 12.8 Å². The molecule has 0 aliphatic carbocycles. The molecule has 3 aliphatic heterocycles. The second-order valence-electron chi connectivity index (χ2n) is 4.21. The lowest BCUT2D eigenvalue weighted by molar-refractivity contribution is -0.130. The Morgan fingerprint density at radius 2 is 1.71 bits per heavy atom. The van der Waals surface area contributed by atoms with Gasteiger partial charge in [-0.1, -0.05) is 0 Å². The van der Waals surface area contributed by atoms with E-state index in [2.05, 4.69) is 4.90 Å². The van der Waals surface area contributed by atoms with Crippen molar-refractivity contribution in [2.75, 3.05) is 45.9 Å². The summed E-state index contributed by atoms with van der Waals surface area (Å²) in [5.41, 5.74) is 10.2. The Kier molecular flexibility index (Phi) is 9.68. The van der Waals surface area contributed by atoms with Gasteiger partial charge in [0.2, 0.25) is 0 Å². The summed E-state index contributed by atoms with van der Waals surface area (Å²) in [7, 11) is 0. The molecular weight excluding hydrogens is 242 g/mol. The maximum atomic E-state index is 11.0. The molecule has 0 saturated carbocycles. The van der Waals surface area contributed by atoms with Crippen molar-refractivity contribution in [1.29, 1.82) is 0 Å². The standard InChI is InChI=1S/C7H11NO.C4H12N2O.ClH/c9-7-5-8-3-1-6(7)2-4-8;5-1-3-7-4-2-6;/h6H,1-5H2;1-6H2;1H. The number of Topliss-reactive ketones (excluding diaryl/α,β-unsaturated/α-hetero) is 1. The average Bonchev–Trinajstić information content (AvgIpc) is 2.32. The summed E-state index contributed by atoms with van der Waals surface area (Å²) >= 11 is 0. The molecule has 0 radical (unpaired) electrons. The summed E-state index contributed by atoms with van der Waals surface area (Å²) in [5.74, 6) is 0.919. The van der Waals surface area contributed by atoms with Crippen molar-refractivity contribution in [2.45, 2.75) is 12.8 Å². The van der Waals surface area contributed by atoms with E-state index in [1.54, 1.807) is 0 Å². The minimum absolute atomic E-state index is 0. The fourth-order valence-corrected chi connectivity index (χ4v) is 2.03. The zero-order valence-electron chi connectivity index (χ0n) is 10.3. The largest absolute Gasteiger partial charge is 0.379 e. The Labute approximate surface area is 109 Å². The van der Waals surface area contributed by atoms with Crippen molar-refractivity contribution >= 4 is 18.2 Å². The third kappa shape index (κ3) is 6.33. The molecule has 4 N–H and O–H groups in total. The topological polar surface area (TPSA) is 81.6 Å². The highest BCUT2D eigenvalue weighted by molar-refractivity contribution is 5.85. The highest BCUT2D eigenvalue weighted by Gasteiger charge is 2.31. The van der Waals surface area contributed by atoms with Crippen molar-refractivity contribution in [3.05, 3.63) is 0 Å². The van der Waals surface area contributed by atoms with Gasteiger partial charge in [-0.25, -0.2) is 0 Å². The van der Waals surface area contributed by atoms with Gasteiger partial charge in [0.15, 0.2) is 0 Å². The molecule has 3 fully saturated rings. The second kappa shape index (κ2) is 9.79. The first-order valence-corrected chi connectivity index (χ1v) is 6.01. The third-order valence-corrected chi connectivity index (χ3v) is 2.95. The fourth-order valence-electron chi connectivity index (χ4n) is 2.03. The number of hydrogen-bond donors (Lipinski definition) is 2. The van der Waals surface area contributed by atoms with Gasteiger partial charge >= 0.3 is 0 Å². The Morgan fingerprint density at radius 3 is 1.94 bits per heavy atom. The summed E-state index contributed by atoms with van der Waals surface area (Å²) in [6.45, 7) is 5.48. The van der Waals surface area contributed by atoms with Crippen LogP contribution in [0.15, 0.2) is 0 Å². The number of halogens is 1. The molecule has 0 amide bonds. The molecule has 3 aliphatic rings. The number of nitrogens with two attached hydrogens (primary N) is 2. The molecule has 0 aromatic heterocycles. The number of rotatable bonds is 4. The van der Waals surface area contributed by atoms with E-state index >= 15 is 0 Å². The maximum absolute atomic E-state index is 11.0. The van der Waals surface area contributed by atoms with Crippen LogP contribution in [0.3, 0.4) is 0 Å². The van der Waals surface area contributed by atoms with E-state index in [-0.39, 0.29) is 12.4 Å². The number of carbonyl (C=O) groups excluding carboxylic acids is 1. The minimum Gasteiger partial charge on any atom is -0.379 e. The Hall–Kier alpha value is -0.200. The first-order valence-electron chi connectivity index (χ1n) is 6.01. The Balaban J connectivity index is 0.000000296. The zero-order valence-corrected chi connectivity index (χ0v) is 11.1. The SMILES string of the molecule is Cl.NCCOCCN.O=C1CN2CCC1CC2. The number of piperidine rings is 3. The van der Waals surface area contributed by atoms with Gasteiger partial charge in [0.1, 0.15) is 5.78 Å². The van der Waals surface area contributed by atoms with Gasteiger partial charge < -0.3 is 16.2 Å². The molecule has 3 rings (SSSR count). The first kappa shape index (κ1) is 16.8. The summed E-state index contributed by atoms with van der Waals surface area (Å²) in [5, 5.41) is 0. The number of ether oxygens (including phenoxy) is 1. The molecule has 0 aromatic carbocycles. The summed E-state index contributed by atoms with van der Waals surface area (Å²) < 4.78 is 4.88. The predicted octanol–water partition coefficient (Wildman–Crippen LogP) is -0.377. The van der Waals surface area contributed by atoms with E-state index in [0.717, 1.165) is 32.5 Å². The fraction of sp³-hybridized carbons (Fsp3) is 0.909. The Bertz CT molecular complexity index is 205. The molecule has 0 spiro atoms. The van der Waals surface area contributed by atoms with E-state index in [1.165, 1.54) is 0 Å². The van der Waals surface area contributed by atoms with Crippen molar-refractivity contribution in [1.82, 2.24) is 4.90 Å². The van der Waals surface area contributed by atoms with E-state index in [0.29, 0.717) is 38.0 Å². The molecule has 0 unspecified atom stereocenters. The van der Waals surface area contributed by atoms with Crippen LogP contribution in [0, 0.1) is 5.92 Å². The first-order chi connectivity index (χ1) is 7.77. The maximum Gasteiger partial charge on any atom is 0.149 e. The molecule has 6 heteroatoms. The molecular formula is C11H24ClN3O2. The second-order valence-corrected chi connectivity index (χ2v) is 4.21. The minimum atomic E-state index is 0. The summed E-state index contributed by atoms with van der Waals surface area (Å²) in [4.78, 5) is 13.3. The van der Waals surface area contributed by atoms with E-state index in [4.69, 9.17) is 16.2 Å². The summed E-state index contributed by atoms with van der Waals surface area (Å²) in [6.07, 6.45) is 2.25. The van der Waals surface area contributed by atoms with Gasteiger partial charge in [-0.05, 0) is 25.9 Å². The van der Waals surface area contributed by atoms with Crippen molar-refractivity contribution < 1.29 is 9.53 Å². The molecule has 17 heavy (non-hydrogen) atoms. The predicted molar refractivity (Wildman–Crippen MR) is 70.3 cm³/mol. The number of carbonyl (C=O) groups is 1. The molecule has 102 valence electrons. The van der Waals surface area contributed by atoms with Crippen LogP contribution in [-0.2, 0) is 9.53 Å². The van der Waals surface area contributed by atoms with E-state index in [9.17, 15) is 4.79 Å². The van der Waals surface area contributed by atoms with Crippen LogP contribution >= 0.6 is 12.4 Å². The van der Waals surface area contributed by atoms with Crippen LogP contribution in [0.25, 0.3) is 0 Å². The van der Waals surface area contributed by atoms with Crippen LogP contribution in [0.5, 0.6) is 0 Å². The van der Waals surface area contributed by atoms with Crippen LogP contribution in [-0.4, -0.2) is 56.6 Å². The van der Waals surface area contributed by atoms with Gasteiger partial charge in [-0.3, -0.25) is 9.69 Å². The zero-order chi connectivity index (χ0) is 11.8. The highest BCUT2D eigenvalue weighted by Crippen LogP contribution is 2.23.